The van der Waals surface area contributed by atoms with Crippen molar-refractivity contribution in [1.29, 1.82) is 0 Å². The van der Waals surface area contributed by atoms with Gasteiger partial charge in [0.2, 0.25) is 5.91 Å². The van der Waals surface area contributed by atoms with Gasteiger partial charge in [0.15, 0.2) is 0 Å². The zero-order valence-corrected chi connectivity index (χ0v) is 12.2. The van der Waals surface area contributed by atoms with Gasteiger partial charge in [-0.25, -0.2) is 4.39 Å². The van der Waals surface area contributed by atoms with Gasteiger partial charge in [0.05, 0.1) is 6.42 Å². The lowest BCUT2D eigenvalue weighted by atomic mass is 10.1. The normalized spacial score (nSPS) is 11.8. The molecule has 0 saturated carbocycles. The van der Waals surface area contributed by atoms with Crippen molar-refractivity contribution in [2.75, 3.05) is 12.4 Å². The molecule has 0 spiro atoms. The summed E-state index contributed by atoms with van der Waals surface area (Å²) in [6, 6.07) is 14.1. The van der Waals surface area contributed by atoms with Gasteiger partial charge in [-0.05, 0) is 36.2 Å². The molecule has 21 heavy (non-hydrogen) atoms. The third kappa shape index (κ3) is 4.05. The van der Waals surface area contributed by atoms with Gasteiger partial charge in [-0.15, -0.1) is 0 Å². The van der Waals surface area contributed by atoms with Gasteiger partial charge >= 0.3 is 0 Å². The Labute approximate surface area is 124 Å². The Balaban J connectivity index is 2.15. The number of halogens is 1. The number of rotatable bonds is 5. The summed E-state index contributed by atoms with van der Waals surface area (Å²) in [7, 11) is 1.62. The number of anilines is 1. The van der Waals surface area contributed by atoms with E-state index in [1.54, 1.807) is 19.2 Å². The number of nitrogens with one attached hydrogen (secondary N) is 2. The number of likely N-dealkylation sites (N-methyl/N-ethyl adjacent to an activating group) is 1. The number of amides is 1. The Morgan fingerprint density at radius 3 is 2.48 bits per heavy atom. The van der Waals surface area contributed by atoms with Gasteiger partial charge in [0, 0.05) is 18.8 Å². The summed E-state index contributed by atoms with van der Waals surface area (Å²) in [6.45, 7) is 2.00. The van der Waals surface area contributed by atoms with Gasteiger partial charge in [0.1, 0.15) is 5.82 Å². The molecule has 1 atom stereocenters. The summed E-state index contributed by atoms with van der Waals surface area (Å²) in [5, 5.41) is 6.00. The second kappa shape index (κ2) is 6.88. The molecule has 0 aliphatic carbocycles. The summed E-state index contributed by atoms with van der Waals surface area (Å²) in [5.74, 6) is -0.273. The molecule has 1 unspecified atom stereocenters. The van der Waals surface area contributed by atoms with Crippen molar-refractivity contribution in [1.82, 2.24) is 5.32 Å². The number of carbonyl (C=O) groups excluding carboxylic acids is 1. The quantitative estimate of drug-likeness (QED) is 0.885. The van der Waals surface area contributed by atoms with E-state index in [1.807, 2.05) is 31.2 Å². The lowest BCUT2D eigenvalue weighted by molar-refractivity contribution is -0.119. The topological polar surface area (TPSA) is 41.1 Å². The molecule has 4 heteroatoms. The molecule has 0 aromatic heterocycles. The SMILES string of the molecule is CNC(=O)Cc1ccccc1NC(C)c1ccc(F)cc1. The van der Waals surface area contributed by atoms with Crippen LogP contribution in [0.5, 0.6) is 0 Å². The van der Waals surface area contributed by atoms with Crippen LogP contribution in [0.15, 0.2) is 48.5 Å². The molecule has 0 radical (unpaired) electrons. The molecule has 0 saturated heterocycles. The van der Waals surface area contributed by atoms with Crippen molar-refractivity contribution < 1.29 is 9.18 Å². The van der Waals surface area contributed by atoms with E-state index in [-0.39, 0.29) is 17.8 Å². The molecular formula is C17H19FN2O. The molecule has 2 aromatic carbocycles. The average molecular weight is 286 g/mol. The fourth-order valence-corrected chi connectivity index (χ4v) is 2.14. The summed E-state index contributed by atoms with van der Waals surface area (Å²) in [6.07, 6.45) is 0.329. The van der Waals surface area contributed by atoms with E-state index < -0.39 is 0 Å². The number of para-hydroxylation sites is 1. The van der Waals surface area contributed by atoms with E-state index in [2.05, 4.69) is 10.6 Å². The van der Waals surface area contributed by atoms with Crippen LogP contribution in [0.25, 0.3) is 0 Å². The third-order valence-corrected chi connectivity index (χ3v) is 3.39. The van der Waals surface area contributed by atoms with Gasteiger partial charge in [-0.2, -0.15) is 0 Å². The van der Waals surface area contributed by atoms with E-state index in [1.165, 1.54) is 12.1 Å². The molecule has 0 heterocycles. The lowest BCUT2D eigenvalue weighted by Gasteiger charge is -2.18. The second-order valence-corrected chi connectivity index (χ2v) is 4.92. The average Bonchev–Trinajstić information content (AvgIpc) is 2.49. The van der Waals surface area contributed by atoms with Crippen molar-refractivity contribution in [3.05, 3.63) is 65.5 Å². The Kier molecular flexibility index (Phi) is 4.93. The Morgan fingerprint density at radius 1 is 1.14 bits per heavy atom. The maximum Gasteiger partial charge on any atom is 0.224 e. The van der Waals surface area contributed by atoms with Crippen LogP contribution in [0.2, 0.25) is 0 Å². The van der Waals surface area contributed by atoms with Gasteiger partial charge < -0.3 is 10.6 Å². The Hall–Kier alpha value is -2.36. The first-order valence-electron chi connectivity index (χ1n) is 6.90. The van der Waals surface area contributed by atoms with E-state index in [4.69, 9.17) is 0 Å². The second-order valence-electron chi connectivity index (χ2n) is 4.92. The molecule has 1 amide bonds. The maximum absolute atomic E-state index is 13.0. The number of hydrogen-bond donors (Lipinski definition) is 2. The largest absolute Gasteiger partial charge is 0.378 e. The third-order valence-electron chi connectivity index (χ3n) is 3.39. The molecule has 0 bridgehead atoms. The molecule has 2 N–H and O–H groups in total. The van der Waals surface area contributed by atoms with E-state index in [0.29, 0.717) is 6.42 Å². The molecule has 0 aliphatic rings. The lowest BCUT2D eigenvalue weighted by Crippen LogP contribution is -2.20. The minimum absolute atomic E-state index is 0.0245. The molecule has 110 valence electrons. The standard InChI is InChI=1S/C17H19FN2O/c1-12(13-7-9-15(18)10-8-13)20-16-6-4-3-5-14(16)11-17(21)19-2/h3-10,12,20H,11H2,1-2H3,(H,19,21). The van der Waals surface area contributed by atoms with Crippen LogP contribution in [0.1, 0.15) is 24.1 Å². The van der Waals surface area contributed by atoms with Crippen molar-refractivity contribution in [3.63, 3.8) is 0 Å². The highest BCUT2D eigenvalue weighted by Gasteiger charge is 2.10. The molecular weight excluding hydrogens is 267 g/mol. The zero-order chi connectivity index (χ0) is 15.2. The fraction of sp³-hybridized carbons (Fsp3) is 0.235. The summed E-state index contributed by atoms with van der Waals surface area (Å²) < 4.78 is 13.0. The predicted molar refractivity (Wildman–Crippen MR) is 82.7 cm³/mol. The fourth-order valence-electron chi connectivity index (χ4n) is 2.14. The minimum Gasteiger partial charge on any atom is -0.378 e. The molecule has 3 nitrogen and oxygen atoms in total. The van der Waals surface area contributed by atoms with Gasteiger partial charge in [-0.3, -0.25) is 4.79 Å². The summed E-state index contributed by atoms with van der Waals surface area (Å²) in [5.41, 5.74) is 2.84. The van der Waals surface area contributed by atoms with Crippen LogP contribution in [0.4, 0.5) is 10.1 Å². The summed E-state index contributed by atoms with van der Waals surface area (Å²) in [4.78, 5) is 11.5. The van der Waals surface area contributed by atoms with E-state index in [9.17, 15) is 9.18 Å². The molecule has 2 rings (SSSR count). The van der Waals surface area contributed by atoms with Crippen molar-refractivity contribution in [2.45, 2.75) is 19.4 Å². The maximum atomic E-state index is 13.0. The van der Waals surface area contributed by atoms with Crippen molar-refractivity contribution in [2.24, 2.45) is 0 Å². The number of carbonyl (C=O) groups is 1. The highest BCUT2D eigenvalue weighted by molar-refractivity contribution is 5.80. The minimum atomic E-state index is -0.244. The van der Waals surface area contributed by atoms with Crippen molar-refractivity contribution >= 4 is 11.6 Å². The first kappa shape index (κ1) is 15.0. The highest BCUT2D eigenvalue weighted by atomic mass is 19.1. The highest BCUT2D eigenvalue weighted by Crippen LogP contribution is 2.23. The van der Waals surface area contributed by atoms with Crippen LogP contribution in [-0.4, -0.2) is 13.0 Å². The first-order chi connectivity index (χ1) is 10.1. The van der Waals surface area contributed by atoms with Crippen LogP contribution in [-0.2, 0) is 11.2 Å². The molecule has 0 fully saturated rings. The number of hydrogen-bond acceptors (Lipinski definition) is 2. The van der Waals surface area contributed by atoms with Crippen LogP contribution >= 0.6 is 0 Å². The zero-order valence-electron chi connectivity index (χ0n) is 12.2. The van der Waals surface area contributed by atoms with E-state index in [0.717, 1.165) is 16.8 Å². The van der Waals surface area contributed by atoms with E-state index >= 15 is 0 Å². The van der Waals surface area contributed by atoms with Crippen LogP contribution < -0.4 is 10.6 Å². The van der Waals surface area contributed by atoms with Gasteiger partial charge in [-0.1, -0.05) is 30.3 Å². The Bertz CT molecular complexity index is 610. The monoisotopic (exact) mass is 286 g/mol. The molecule has 2 aromatic rings. The Morgan fingerprint density at radius 2 is 1.81 bits per heavy atom. The summed E-state index contributed by atoms with van der Waals surface area (Å²) >= 11 is 0. The predicted octanol–water partition coefficient (Wildman–Crippen LogP) is 3.29. The number of benzene rings is 2. The smallest absolute Gasteiger partial charge is 0.224 e. The molecule has 0 aliphatic heterocycles. The van der Waals surface area contributed by atoms with Gasteiger partial charge in [0.25, 0.3) is 0 Å². The van der Waals surface area contributed by atoms with Crippen LogP contribution in [0, 0.1) is 5.82 Å². The first-order valence-corrected chi connectivity index (χ1v) is 6.90. The van der Waals surface area contributed by atoms with Crippen molar-refractivity contribution in [3.8, 4) is 0 Å². The van der Waals surface area contributed by atoms with Crippen LogP contribution in [0.3, 0.4) is 0 Å².